The summed E-state index contributed by atoms with van der Waals surface area (Å²) < 4.78 is 1.57. The Morgan fingerprint density at radius 3 is 2.66 bits per heavy atom. The number of hydrogen-bond acceptors (Lipinski definition) is 4. The van der Waals surface area contributed by atoms with Gasteiger partial charge < -0.3 is 5.32 Å². The number of nitrogens with zero attached hydrogens (tertiary/aromatic N) is 3. The van der Waals surface area contributed by atoms with Gasteiger partial charge in [-0.2, -0.15) is 0 Å². The molecule has 2 aliphatic rings. The van der Waals surface area contributed by atoms with Crippen LogP contribution in [0.25, 0.3) is 11.4 Å². The van der Waals surface area contributed by atoms with Crippen molar-refractivity contribution >= 4 is 5.91 Å². The second-order valence-electron chi connectivity index (χ2n) is 8.14. The predicted molar refractivity (Wildman–Crippen MR) is 114 cm³/mol. The van der Waals surface area contributed by atoms with Crippen LogP contribution < -0.4 is 10.9 Å². The van der Waals surface area contributed by atoms with Gasteiger partial charge >= 0.3 is 0 Å². The van der Waals surface area contributed by atoms with E-state index < -0.39 is 0 Å². The number of hydrogen-bond donors (Lipinski definition) is 1. The van der Waals surface area contributed by atoms with Crippen LogP contribution in [0, 0.1) is 0 Å². The van der Waals surface area contributed by atoms with E-state index in [4.69, 9.17) is 4.98 Å². The summed E-state index contributed by atoms with van der Waals surface area (Å²) in [6, 6.07) is 9.95. The summed E-state index contributed by atoms with van der Waals surface area (Å²) in [7, 11) is 0. The molecule has 1 saturated carbocycles. The number of rotatable bonds is 5. The number of benzene rings is 1. The third-order valence-electron chi connectivity index (χ3n) is 6.15. The average Bonchev–Trinajstić information content (AvgIpc) is 2.76. The third kappa shape index (κ3) is 4.42. The molecule has 0 saturated heterocycles. The summed E-state index contributed by atoms with van der Waals surface area (Å²) in [5.41, 5.74) is 2.41. The Kier molecular flexibility index (Phi) is 6.09. The first-order valence-corrected chi connectivity index (χ1v) is 10.9. The number of amides is 1. The van der Waals surface area contributed by atoms with Gasteiger partial charge in [0.1, 0.15) is 12.4 Å². The van der Waals surface area contributed by atoms with Gasteiger partial charge in [-0.25, -0.2) is 4.98 Å². The minimum Gasteiger partial charge on any atom is -0.352 e. The van der Waals surface area contributed by atoms with E-state index in [1.54, 1.807) is 4.57 Å². The van der Waals surface area contributed by atoms with Gasteiger partial charge in [-0.15, -0.1) is 0 Å². The van der Waals surface area contributed by atoms with E-state index in [1.807, 2.05) is 30.3 Å². The Labute approximate surface area is 172 Å². The SMILES string of the molecule is CCN1CCc2nc(-c3ccccc3)n(CC(=O)NC3CCCCC3)c(=O)c2C1. The van der Waals surface area contributed by atoms with Gasteiger partial charge in [0, 0.05) is 31.1 Å². The van der Waals surface area contributed by atoms with E-state index in [0.29, 0.717) is 12.4 Å². The first-order valence-electron chi connectivity index (χ1n) is 10.9. The van der Waals surface area contributed by atoms with Crippen LogP contribution in [-0.2, 0) is 24.3 Å². The van der Waals surface area contributed by atoms with Crippen molar-refractivity contribution in [2.45, 2.75) is 64.6 Å². The highest BCUT2D eigenvalue weighted by Crippen LogP contribution is 2.21. The maximum Gasteiger partial charge on any atom is 0.259 e. The van der Waals surface area contributed by atoms with Gasteiger partial charge in [0.05, 0.1) is 11.3 Å². The van der Waals surface area contributed by atoms with Gasteiger partial charge in [0.15, 0.2) is 0 Å². The van der Waals surface area contributed by atoms with Crippen LogP contribution in [0.4, 0.5) is 0 Å². The smallest absolute Gasteiger partial charge is 0.259 e. The van der Waals surface area contributed by atoms with Crippen LogP contribution in [0.2, 0.25) is 0 Å². The van der Waals surface area contributed by atoms with Gasteiger partial charge in [0.2, 0.25) is 5.91 Å². The molecule has 6 heteroatoms. The lowest BCUT2D eigenvalue weighted by Gasteiger charge is -2.28. The molecule has 0 unspecified atom stereocenters. The summed E-state index contributed by atoms with van der Waals surface area (Å²) >= 11 is 0. The lowest BCUT2D eigenvalue weighted by molar-refractivity contribution is -0.122. The summed E-state index contributed by atoms with van der Waals surface area (Å²) in [5, 5.41) is 3.14. The second-order valence-corrected chi connectivity index (χ2v) is 8.14. The fourth-order valence-electron chi connectivity index (χ4n) is 4.46. The number of nitrogens with one attached hydrogen (secondary N) is 1. The van der Waals surface area contributed by atoms with Crippen molar-refractivity contribution in [3.63, 3.8) is 0 Å². The fourth-order valence-corrected chi connectivity index (χ4v) is 4.46. The van der Waals surface area contributed by atoms with Crippen molar-refractivity contribution in [2.24, 2.45) is 0 Å². The molecule has 1 amide bonds. The highest BCUT2D eigenvalue weighted by molar-refractivity contribution is 5.77. The van der Waals surface area contributed by atoms with Crippen LogP contribution in [0.15, 0.2) is 35.1 Å². The molecule has 1 aromatic heterocycles. The van der Waals surface area contributed by atoms with Crippen LogP contribution in [-0.4, -0.2) is 39.5 Å². The Hall–Kier alpha value is -2.47. The molecule has 154 valence electrons. The summed E-state index contributed by atoms with van der Waals surface area (Å²) in [6.45, 7) is 4.55. The van der Waals surface area contributed by atoms with Gasteiger partial charge in [-0.3, -0.25) is 19.1 Å². The quantitative estimate of drug-likeness (QED) is 0.847. The Morgan fingerprint density at radius 2 is 1.93 bits per heavy atom. The maximum absolute atomic E-state index is 13.4. The second kappa shape index (κ2) is 8.91. The van der Waals surface area contributed by atoms with E-state index in [-0.39, 0.29) is 24.1 Å². The molecule has 1 aliphatic carbocycles. The Bertz CT molecular complexity index is 916. The maximum atomic E-state index is 13.4. The molecule has 1 aliphatic heterocycles. The highest BCUT2D eigenvalue weighted by Gasteiger charge is 2.25. The van der Waals surface area contributed by atoms with E-state index in [2.05, 4.69) is 17.1 Å². The molecule has 1 N–H and O–H groups in total. The molecule has 0 bridgehead atoms. The normalized spacial score (nSPS) is 17.7. The Morgan fingerprint density at radius 1 is 1.17 bits per heavy atom. The van der Waals surface area contributed by atoms with E-state index >= 15 is 0 Å². The molecule has 29 heavy (non-hydrogen) atoms. The first-order chi connectivity index (χ1) is 14.2. The van der Waals surface area contributed by atoms with Crippen molar-refractivity contribution in [3.05, 3.63) is 51.9 Å². The summed E-state index contributed by atoms with van der Waals surface area (Å²) in [4.78, 5) is 33.3. The zero-order valence-electron chi connectivity index (χ0n) is 17.2. The standard InChI is InChI=1S/C23H30N4O2/c1-2-26-14-13-20-19(15-26)23(29)27(22(25-20)17-9-5-3-6-10-17)16-21(28)24-18-11-7-4-8-12-18/h3,5-6,9-10,18H,2,4,7-8,11-16H2,1H3,(H,24,28). The molecular formula is C23H30N4O2. The van der Waals surface area contributed by atoms with Crippen molar-refractivity contribution in [1.29, 1.82) is 0 Å². The number of likely N-dealkylation sites (N-methyl/N-ethyl adjacent to an activating group) is 1. The monoisotopic (exact) mass is 394 g/mol. The van der Waals surface area contributed by atoms with Crippen LogP contribution in [0.3, 0.4) is 0 Å². The zero-order valence-corrected chi connectivity index (χ0v) is 17.2. The van der Waals surface area contributed by atoms with Crippen molar-refractivity contribution < 1.29 is 4.79 Å². The lowest BCUT2D eigenvalue weighted by atomic mass is 9.95. The molecule has 0 spiro atoms. The molecule has 0 atom stereocenters. The molecule has 0 radical (unpaired) electrons. The lowest BCUT2D eigenvalue weighted by Crippen LogP contribution is -2.43. The van der Waals surface area contributed by atoms with Crippen LogP contribution in [0.5, 0.6) is 0 Å². The highest BCUT2D eigenvalue weighted by atomic mass is 16.2. The minimum absolute atomic E-state index is 0.0198. The number of fused-ring (bicyclic) bond motifs is 1. The fraction of sp³-hybridized carbons (Fsp3) is 0.522. The van der Waals surface area contributed by atoms with Crippen LogP contribution in [0.1, 0.15) is 50.3 Å². The average molecular weight is 395 g/mol. The summed E-state index contributed by atoms with van der Waals surface area (Å²) in [6.07, 6.45) is 6.39. The summed E-state index contributed by atoms with van der Waals surface area (Å²) in [5.74, 6) is 0.499. The number of carbonyl (C=O) groups excluding carboxylic acids is 1. The van der Waals surface area contributed by atoms with Crippen LogP contribution >= 0.6 is 0 Å². The molecular weight excluding hydrogens is 364 g/mol. The van der Waals surface area contributed by atoms with E-state index in [1.165, 1.54) is 6.42 Å². The third-order valence-corrected chi connectivity index (χ3v) is 6.15. The van der Waals surface area contributed by atoms with Gasteiger partial charge in [-0.05, 0) is 19.4 Å². The van der Waals surface area contributed by atoms with Crippen molar-refractivity contribution in [2.75, 3.05) is 13.1 Å². The van der Waals surface area contributed by atoms with Gasteiger partial charge in [-0.1, -0.05) is 56.5 Å². The topological polar surface area (TPSA) is 67.2 Å². The predicted octanol–water partition coefficient (Wildman–Crippen LogP) is 2.74. The van der Waals surface area contributed by atoms with Crippen molar-refractivity contribution in [1.82, 2.24) is 19.8 Å². The molecule has 6 nitrogen and oxygen atoms in total. The van der Waals surface area contributed by atoms with E-state index in [9.17, 15) is 9.59 Å². The molecule has 2 aromatic rings. The van der Waals surface area contributed by atoms with Crippen molar-refractivity contribution in [3.8, 4) is 11.4 Å². The zero-order chi connectivity index (χ0) is 20.2. The number of carbonyl (C=O) groups is 1. The minimum atomic E-state index is -0.0962. The molecule has 1 fully saturated rings. The largest absolute Gasteiger partial charge is 0.352 e. The first kappa shape index (κ1) is 19.8. The van der Waals surface area contributed by atoms with E-state index in [0.717, 1.165) is 62.0 Å². The Balaban J connectivity index is 1.68. The molecule has 1 aromatic carbocycles. The van der Waals surface area contributed by atoms with Gasteiger partial charge in [0.25, 0.3) is 5.56 Å². The molecule has 2 heterocycles. The molecule has 4 rings (SSSR count). The number of aromatic nitrogens is 2.